The molecule has 0 N–H and O–H groups in total. The van der Waals surface area contributed by atoms with Crippen LogP contribution in [-0.4, -0.2) is 62.7 Å². The van der Waals surface area contributed by atoms with Gasteiger partial charge in [-0.05, 0) is 59.0 Å². The van der Waals surface area contributed by atoms with Gasteiger partial charge in [0.25, 0.3) is 0 Å². The average Bonchev–Trinajstić information content (AvgIpc) is 3.42. The molecule has 4 rings (SSSR count). The first kappa shape index (κ1) is 19.9. The van der Waals surface area contributed by atoms with Crippen LogP contribution in [0.25, 0.3) is 0 Å². The number of likely N-dealkylation sites (tertiary alicyclic amines) is 2. The minimum atomic E-state index is 0.165. The highest BCUT2D eigenvalue weighted by Gasteiger charge is 2.52. The summed E-state index contributed by atoms with van der Waals surface area (Å²) in [5.41, 5.74) is 0.165. The predicted molar refractivity (Wildman–Crippen MR) is 110 cm³/mol. The fourth-order valence-corrected chi connectivity index (χ4v) is 5.86. The molecule has 6 heteroatoms. The lowest BCUT2D eigenvalue weighted by molar-refractivity contribution is -0.134. The highest BCUT2D eigenvalue weighted by molar-refractivity contribution is 5.79. The van der Waals surface area contributed by atoms with Gasteiger partial charge in [0.1, 0.15) is 12.2 Å². The maximum Gasteiger partial charge on any atom is 0.225 e. The van der Waals surface area contributed by atoms with Crippen LogP contribution < -0.4 is 0 Å². The van der Waals surface area contributed by atoms with Crippen LogP contribution >= 0.6 is 0 Å². The van der Waals surface area contributed by atoms with Crippen molar-refractivity contribution < 1.29 is 4.79 Å². The Morgan fingerprint density at radius 3 is 2.61 bits per heavy atom. The van der Waals surface area contributed by atoms with Gasteiger partial charge < -0.3 is 14.4 Å². The van der Waals surface area contributed by atoms with Crippen LogP contribution in [0.5, 0.6) is 0 Å². The molecular weight excluding hydrogens is 350 g/mol. The Bertz CT molecular complexity index is 670. The molecule has 2 saturated heterocycles. The average molecular weight is 388 g/mol. The van der Waals surface area contributed by atoms with E-state index in [9.17, 15) is 4.79 Å². The lowest BCUT2D eigenvalue weighted by atomic mass is 9.70. The third-order valence-electron chi connectivity index (χ3n) is 7.61. The summed E-state index contributed by atoms with van der Waals surface area (Å²) in [6, 6.07) is 0.595. The number of aryl methyl sites for hydroxylation is 1. The summed E-state index contributed by atoms with van der Waals surface area (Å²) in [6.07, 6.45) is 9.88. The van der Waals surface area contributed by atoms with E-state index in [-0.39, 0.29) is 11.3 Å². The molecule has 3 aliphatic rings. The molecule has 3 heterocycles. The first-order chi connectivity index (χ1) is 13.5. The zero-order valence-electron chi connectivity index (χ0n) is 17.9. The molecule has 0 radical (unpaired) electrons. The summed E-state index contributed by atoms with van der Waals surface area (Å²) >= 11 is 0. The molecule has 3 fully saturated rings. The van der Waals surface area contributed by atoms with E-state index in [2.05, 4.69) is 45.3 Å². The molecule has 1 atom stereocenters. The zero-order chi connectivity index (χ0) is 19.7. The second-order valence-electron chi connectivity index (χ2n) is 9.63. The van der Waals surface area contributed by atoms with Crippen LogP contribution in [0.3, 0.4) is 0 Å². The minimum absolute atomic E-state index is 0.165. The van der Waals surface area contributed by atoms with E-state index in [1.165, 1.54) is 12.8 Å². The lowest BCUT2D eigenvalue weighted by Gasteiger charge is -2.43. The Labute approximate surface area is 169 Å². The molecule has 0 aromatic carbocycles. The van der Waals surface area contributed by atoms with Crippen LogP contribution in [0.1, 0.15) is 77.5 Å². The maximum absolute atomic E-state index is 13.2. The molecular formula is C22H37N5O. The number of rotatable bonds is 5. The minimum Gasteiger partial charge on any atom is -0.341 e. The van der Waals surface area contributed by atoms with E-state index in [1.807, 2.05) is 6.33 Å². The molecule has 1 unspecified atom stereocenters. The van der Waals surface area contributed by atoms with Crippen molar-refractivity contribution in [3.8, 4) is 0 Å². The summed E-state index contributed by atoms with van der Waals surface area (Å²) in [6.45, 7) is 11.7. The van der Waals surface area contributed by atoms with Gasteiger partial charge in [-0.3, -0.25) is 4.79 Å². The summed E-state index contributed by atoms with van der Waals surface area (Å²) in [5.74, 6) is 2.11. The van der Waals surface area contributed by atoms with Gasteiger partial charge in [0.15, 0.2) is 0 Å². The quantitative estimate of drug-likeness (QED) is 0.778. The van der Waals surface area contributed by atoms with Crippen molar-refractivity contribution in [1.29, 1.82) is 0 Å². The van der Waals surface area contributed by atoms with Crippen molar-refractivity contribution in [2.45, 2.75) is 84.2 Å². The van der Waals surface area contributed by atoms with Crippen LogP contribution in [-0.2, 0) is 11.3 Å². The molecule has 1 aromatic rings. The number of amides is 1. The van der Waals surface area contributed by atoms with E-state index in [0.717, 1.165) is 70.7 Å². The molecule has 6 nitrogen and oxygen atoms in total. The van der Waals surface area contributed by atoms with Crippen LogP contribution in [0, 0.1) is 11.3 Å². The normalized spacial score (nSPS) is 26.0. The molecule has 28 heavy (non-hydrogen) atoms. The fraction of sp³-hybridized carbons (Fsp3) is 0.864. The zero-order valence-corrected chi connectivity index (χ0v) is 17.9. The van der Waals surface area contributed by atoms with E-state index >= 15 is 0 Å². The monoisotopic (exact) mass is 387 g/mol. The Morgan fingerprint density at radius 1 is 1.25 bits per heavy atom. The Balaban J connectivity index is 1.59. The topological polar surface area (TPSA) is 54.3 Å². The summed E-state index contributed by atoms with van der Waals surface area (Å²) in [4.78, 5) is 18.0. The Morgan fingerprint density at radius 2 is 1.96 bits per heavy atom. The van der Waals surface area contributed by atoms with Crippen molar-refractivity contribution in [3.63, 3.8) is 0 Å². The SMILES string of the molecule is CCCn1cnnc1C1CN(C(=O)C2CCCC2)CC12CCN(C(C)C)CC2. The lowest BCUT2D eigenvalue weighted by Crippen LogP contribution is -2.46. The number of hydrogen-bond donors (Lipinski definition) is 0. The third kappa shape index (κ3) is 3.60. The summed E-state index contributed by atoms with van der Waals surface area (Å²) < 4.78 is 2.24. The van der Waals surface area contributed by atoms with Crippen LogP contribution in [0.4, 0.5) is 0 Å². The Hall–Kier alpha value is -1.43. The van der Waals surface area contributed by atoms with Crippen LogP contribution in [0.2, 0.25) is 0 Å². The smallest absolute Gasteiger partial charge is 0.225 e. The molecule has 1 saturated carbocycles. The Kier molecular flexibility index (Phi) is 5.77. The number of piperidine rings is 1. The molecule has 1 amide bonds. The van der Waals surface area contributed by atoms with Crippen molar-refractivity contribution in [3.05, 3.63) is 12.2 Å². The molecule has 1 aromatic heterocycles. The maximum atomic E-state index is 13.2. The predicted octanol–water partition coefficient (Wildman–Crippen LogP) is 3.29. The van der Waals surface area contributed by atoms with Gasteiger partial charge in [-0.1, -0.05) is 19.8 Å². The molecule has 1 aliphatic carbocycles. The molecule has 0 bridgehead atoms. The van der Waals surface area contributed by atoms with Gasteiger partial charge >= 0.3 is 0 Å². The van der Waals surface area contributed by atoms with E-state index in [4.69, 9.17) is 0 Å². The first-order valence-corrected chi connectivity index (χ1v) is 11.4. The van der Waals surface area contributed by atoms with Gasteiger partial charge in [-0.15, -0.1) is 10.2 Å². The largest absolute Gasteiger partial charge is 0.341 e. The fourth-order valence-electron chi connectivity index (χ4n) is 5.86. The van der Waals surface area contributed by atoms with Gasteiger partial charge in [0.05, 0.1) is 0 Å². The van der Waals surface area contributed by atoms with E-state index in [0.29, 0.717) is 17.9 Å². The number of hydrogen-bond acceptors (Lipinski definition) is 4. The van der Waals surface area contributed by atoms with Crippen molar-refractivity contribution in [2.75, 3.05) is 26.2 Å². The van der Waals surface area contributed by atoms with E-state index < -0.39 is 0 Å². The van der Waals surface area contributed by atoms with Crippen molar-refractivity contribution in [2.24, 2.45) is 11.3 Å². The van der Waals surface area contributed by atoms with E-state index in [1.54, 1.807) is 0 Å². The third-order valence-corrected chi connectivity index (χ3v) is 7.61. The van der Waals surface area contributed by atoms with Gasteiger partial charge in [-0.2, -0.15) is 0 Å². The summed E-state index contributed by atoms with van der Waals surface area (Å²) in [7, 11) is 0. The number of carbonyl (C=O) groups excluding carboxylic acids is 1. The molecule has 156 valence electrons. The number of aromatic nitrogens is 3. The van der Waals surface area contributed by atoms with Crippen molar-refractivity contribution in [1.82, 2.24) is 24.6 Å². The highest BCUT2D eigenvalue weighted by atomic mass is 16.2. The second kappa shape index (κ2) is 8.13. The number of nitrogens with zero attached hydrogens (tertiary/aromatic N) is 5. The van der Waals surface area contributed by atoms with Gasteiger partial charge in [0, 0.05) is 42.9 Å². The second-order valence-corrected chi connectivity index (χ2v) is 9.63. The summed E-state index contributed by atoms with van der Waals surface area (Å²) in [5, 5.41) is 8.83. The van der Waals surface area contributed by atoms with Crippen molar-refractivity contribution >= 4 is 5.91 Å². The number of carbonyl (C=O) groups is 1. The molecule has 2 aliphatic heterocycles. The standard InChI is InChI=1S/C22H37N5O/c1-4-11-26-16-23-24-20(26)19-14-27(21(28)18-7-5-6-8-18)15-22(19)9-12-25(13-10-22)17(2)3/h16-19H,4-15H2,1-3H3. The van der Waals surface area contributed by atoms with Crippen LogP contribution in [0.15, 0.2) is 6.33 Å². The van der Waals surface area contributed by atoms with Gasteiger partial charge in [-0.25, -0.2) is 0 Å². The molecule has 1 spiro atoms. The highest BCUT2D eigenvalue weighted by Crippen LogP contribution is 2.50. The first-order valence-electron chi connectivity index (χ1n) is 11.4. The van der Waals surface area contributed by atoms with Gasteiger partial charge in [0.2, 0.25) is 5.91 Å².